The first kappa shape index (κ1) is 17.5. The van der Waals surface area contributed by atoms with Crippen molar-refractivity contribution in [2.24, 2.45) is 4.99 Å². The standard InChI is InChI=1S/C18H28N2O/c1-4-7-8-9-14-19-15(11-5-2)16-12-10-13-17(20-16)18(21)6-3/h10,12-13H,4-9,11,14H2,1-3H3. The fourth-order valence-electron chi connectivity index (χ4n) is 2.21. The van der Waals surface area contributed by atoms with E-state index in [1.807, 2.05) is 19.1 Å². The van der Waals surface area contributed by atoms with Crippen LogP contribution in [0.15, 0.2) is 23.2 Å². The number of aromatic nitrogens is 1. The molecular weight excluding hydrogens is 260 g/mol. The minimum atomic E-state index is 0.0932. The van der Waals surface area contributed by atoms with Crippen LogP contribution in [-0.4, -0.2) is 23.0 Å². The lowest BCUT2D eigenvalue weighted by atomic mass is 10.1. The van der Waals surface area contributed by atoms with Crippen LogP contribution in [0, 0.1) is 0 Å². The van der Waals surface area contributed by atoms with Crippen molar-refractivity contribution in [2.45, 2.75) is 65.7 Å². The summed E-state index contributed by atoms with van der Waals surface area (Å²) in [5.74, 6) is 0.0932. The molecule has 116 valence electrons. The van der Waals surface area contributed by atoms with Gasteiger partial charge < -0.3 is 0 Å². The van der Waals surface area contributed by atoms with Crippen LogP contribution in [0.2, 0.25) is 0 Å². The largest absolute Gasteiger partial charge is 0.292 e. The number of Topliss-reactive ketones (excluding diaryl/α,β-unsaturated/α-hetero) is 1. The van der Waals surface area contributed by atoms with Crippen LogP contribution < -0.4 is 0 Å². The third-order valence-corrected chi connectivity index (χ3v) is 3.45. The van der Waals surface area contributed by atoms with Crippen LogP contribution >= 0.6 is 0 Å². The van der Waals surface area contributed by atoms with E-state index >= 15 is 0 Å². The first-order chi connectivity index (χ1) is 10.2. The van der Waals surface area contributed by atoms with Crippen molar-refractivity contribution < 1.29 is 4.79 Å². The molecule has 0 bridgehead atoms. The van der Waals surface area contributed by atoms with E-state index in [4.69, 9.17) is 4.99 Å². The molecule has 0 unspecified atom stereocenters. The zero-order valence-electron chi connectivity index (χ0n) is 13.7. The summed E-state index contributed by atoms with van der Waals surface area (Å²) in [4.78, 5) is 21.0. The monoisotopic (exact) mass is 288 g/mol. The molecule has 1 heterocycles. The highest BCUT2D eigenvalue weighted by atomic mass is 16.1. The van der Waals surface area contributed by atoms with Gasteiger partial charge in [0.2, 0.25) is 0 Å². The minimum absolute atomic E-state index is 0.0932. The summed E-state index contributed by atoms with van der Waals surface area (Å²) in [6.07, 6.45) is 7.35. The van der Waals surface area contributed by atoms with Crippen molar-refractivity contribution >= 4 is 11.5 Å². The van der Waals surface area contributed by atoms with E-state index in [0.29, 0.717) is 12.1 Å². The van der Waals surface area contributed by atoms with E-state index in [9.17, 15) is 4.79 Å². The van der Waals surface area contributed by atoms with Gasteiger partial charge in [-0.2, -0.15) is 0 Å². The molecule has 0 radical (unpaired) electrons. The van der Waals surface area contributed by atoms with Gasteiger partial charge in [-0.05, 0) is 25.0 Å². The minimum Gasteiger partial charge on any atom is -0.292 e. The maximum Gasteiger partial charge on any atom is 0.180 e. The molecule has 0 saturated heterocycles. The zero-order valence-corrected chi connectivity index (χ0v) is 13.7. The van der Waals surface area contributed by atoms with Crippen molar-refractivity contribution in [2.75, 3.05) is 6.54 Å². The summed E-state index contributed by atoms with van der Waals surface area (Å²) in [5.41, 5.74) is 2.47. The molecule has 0 aliphatic rings. The Morgan fingerprint density at radius 3 is 2.48 bits per heavy atom. The van der Waals surface area contributed by atoms with Gasteiger partial charge in [0.05, 0.1) is 11.4 Å². The predicted molar refractivity (Wildman–Crippen MR) is 89.3 cm³/mol. The average molecular weight is 288 g/mol. The normalized spacial score (nSPS) is 11.7. The number of rotatable bonds is 10. The summed E-state index contributed by atoms with van der Waals surface area (Å²) in [6.45, 7) is 7.09. The molecule has 0 fully saturated rings. The van der Waals surface area contributed by atoms with Crippen LogP contribution in [0.3, 0.4) is 0 Å². The van der Waals surface area contributed by atoms with E-state index < -0.39 is 0 Å². The van der Waals surface area contributed by atoms with Gasteiger partial charge in [0.25, 0.3) is 0 Å². The first-order valence-electron chi connectivity index (χ1n) is 8.26. The molecule has 0 aliphatic heterocycles. The Hall–Kier alpha value is -1.51. The Morgan fingerprint density at radius 1 is 1.05 bits per heavy atom. The lowest BCUT2D eigenvalue weighted by Crippen LogP contribution is -2.09. The highest BCUT2D eigenvalue weighted by Gasteiger charge is 2.09. The zero-order chi connectivity index (χ0) is 15.5. The van der Waals surface area contributed by atoms with E-state index in [-0.39, 0.29) is 5.78 Å². The van der Waals surface area contributed by atoms with E-state index in [0.717, 1.165) is 37.2 Å². The molecule has 3 heteroatoms. The smallest absolute Gasteiger partial charge is 0.180 e. The van der Waals surface area contributed by atoms with Gasteiger partial charge in [-0.25, -0.2) is 4.98 Å². The Kier molecular flexibility index (Phi) is 8.56. The van der Waals surface area contributed by atoms with Crippen molar-refractivity contribution in [3.8, 4) is 0 Å². The molecule has 1 rings (SSSR count). The van der Waals surface area contributed by atoms with E-state index in [2.05, 4.69) is 18.8 Å². The Labute approximate surface area is 128 Å². The average Bonchev–Trinajstić information content (AvgIpc) is 2.53. The topological polar surface area (TPSA) is 42.3 Å². The molecule has 0 spiro atoms. The maximum atomic E-state index is 11.8. The third-order valence-electron chi connectivity index (χ3n) is 3.45. The fraction of sp³-hybridized carbons (Fsp3) is 0.611. The van der Waals surface area contributed by atoms with Crippen LogP contribution in [0.1, 0.15) is 81.9 Å². The summed E-state index contributed by atoms with van der Waals surface area (Å²) in [7, 11) is 0. The number of ketones is 1. The summed E-state index contributed by atoms with van der Waals surface area (Å²) < 4.78 is 0. The van der Waals surface area contributed by atoms with E-state index in [1.165, 1.54) is 19.3 Å². The molecule has 0 amide bonds. The molecule has 0 saturated carbocycles. The van der Waals surface area contributed by atoms with Crippen LogP contribution in [-0.2, 0) is 0 Å². The second kappa shape index (κ2) is 10.3. The molecule has 0 atom stereocenters. The Balaban J connectivity index is 2.79. The third kappa shape index (κ3) is 6.19. The number of unbranched alkanes of at least 4 members (excludes halogenated alkanes) is 3. The number of hydrogen-bond donors (Lipinski definition) is 0. The van der Waals surface area contributed by atoms with Gasteiger partial charge >= 0.3 is 0 Å². The molecule has 21 heavy (non-hydrogen) atoms. The van der Waals surface area contributed by atoms with Gasteiger partial charge in [-0.3, -0.25) is 9.79 Å². The molecule has 3 nitrogen and oxygen atoms in total. The highest BCUT2D eigenvalue weighted by Crippen LogP contribution is 2.09. The highest BCUT2D eigenvalue weighted by molar-refractivity contribution is 6.00. The molecule has 1 aromatic rings. The maximum absolute atomic E-state index is 11.8. The van der Waals surface area contributed by atoms with Gasteiger partial charge in [0.15, 0.2) is 5.78 Å². The van der Waals surface area contributed by atoms with Crippen molar-refractivity contribution in [1.29, 1.82) is 0 Å². The fourth-order valence-corrected chi connectivity index (χ4v) is 2.21. The van der Waals surface area contributed by atoms with Gasteiger partial charge in [0.1, 0.15) is 5.69 Å². The first-order valence-corrected chi connectivity index (χ1v) is 8.26. The molecule has 0 N–H and O–H groups in total. The number of carbonyl (C=O) groups is 1. The lowest BCUT2D eigenvalue weighted by molar-refractivity contribution is 0.0983. The van der Waals surface area contributed by atoms with Gasteiger partial charge in [0, 0.05) is 13.0 Å². The molecule has 0 aromatic carbocycles. The van der Waals surface area contributed by atoms with Gasteiger partial charge in [-0.15, -0.1) is 0 Å². The van der Waals surface area contributed by atoms with Crippen molar-refractivity contribution in [3.63, 3.8) is 0 Å². The second-order valence-electron chi connectivity index (χ2n) is 5.32. The predicted octanol–water partition coefficient (Wildman–Crippen LogP) is 4.84. The SMILES string of the molecule is CCCCCCN=C(CCC)c1cccc(C(=O)CC)n1. The summed E-state index contributed by atoms with van der Waals surface area (Å²) >= 11 is 0. The summed E-state index contributed by atoms with van der Waals surface area (Å²) in [5, 5.41) is 0. The number of aliphatic imine (C=N–C) groups is 1. The Morgan fingerprint density at radius 2 is 1.81 bits per heavy atom. The van der Waals surface area contributed by atoms with Crippen LogP contribution in [0.25, 0.3) is 0 Å². The summed E-state index contributed by atoms with van der Waals surface area (Å²) in [6, 6.07) is 5.67. The van der Waals surface area contributed by atoms with Crippen molar-refractivity contribution in [1.82, 2.24) is 4.98 Å². The molecule has 0 aliphatic carbocycles. The Bertz CT molecular complexity index is 466. The number of pyridine rings is 1. The number of nitrogens with zero attached hydrogens (tertiary/aromatic N) is 2. The molecule has 1 aromatic heterocycles. The number of carbonyl (C=O) groups excluding carboxylic acids is 1. The van der Waals surface area contributed by atoms with Gasteiger partial charge in [-0.1, -0.05) is 52.5 Å². The lowest BCUT2D eigenvalue weighted by Gasteiger charge is -2.07. The second-order valence-corrected chi connectivity index (χ2v) is 5.32. The van der Waals surface area contributed by atoms with Crippen LogP contribution in [0.4, 0.5) is 0 Å². The van der Waals surface area contributed by atoms with E-state index in [1.54, 1.807) is 6.07 Å². The van der Waals surface area contributed by atoms with Crippen molar-refractivity contribution in [3.05, 3.63) is 29.6 Å². The van der Waals surface area contributed by atoms with Crippen LogP contribution in [0.5, 0.6) is 0 Å². The molecular formula is C18H28N2O. The number of hydrogen-bond acceptors (Lipinski definition) is 3. The quantitative estimate of drug-likeness (QED) is 0.351.